The maximum atomic E-state index is 13.0. The van der Waals surface area contributed by atoms with Gasteiger partial charge in [0.05, 0.1) is 11.8 Å². The van der Waals surface area contributed by atoms with Crippen LogP contribution in [0.3, 0.4) is 0 Å². The summed E-state index contributed by atoms with van der Waals surface area (Å²) in [6.45, 7) is 0. The standard InChI is InChI=1S/C11H6BrF6N3/c12-3-6-4-20-21(9(6)11(16,17)18)8-2-1-7(5-19-8)10(13,14)15/h1-2,4-5H,3H2. The molecule has 0 unspecified atom stereocenters. The minimum Gasteiger partial charge on any atom is -0.236 e. The zero-order chi connectivity index (χ0) is 15.8. The second-order valence-corrected chi connectivity index (χ2v) is 4.53. The van der Waals surface area contributed by atoms with Crippen LogP contribution in [-0.2, 0) is 17.7 Å². The lowest BCUT2D eigenvalue weighted by Crippen LogP contribution is -2.16. The summed E-state index contributed by atoms with van der Waals surface area (Å²) in [5.74, 6) is -0.345. The topological polar surface area (TPSA) is 30.7 Å². The van der Waals surface area contributed by atoms with Crippen LogP contribution in [0.25, 0.3) is 5.82 Å². The maximum Gasteiger partial charge on any atom is 0.433 e. The first-order valence-corrected chi connectivity index (χ1v) is 6.50. The fraction of sp³-hybridized carbons (Fsp3) is 0.273. The minimum atomic E-state index is -4.70. The third-order valence-corrected chi connectivity index (χ3v) is 3.15. The van der Waals surface area contributed by atoms with Crippen LogP contribution in [-0.4, -0.2) is 14.8 Å². The van der Waals surface area contributed by atoms with Crippen molar-refractivity contribution in [2.45, 2.75) is 17.7 Å². The van der Waals surface area contributed by atoms with E-state index in [0.29, 0.717) is 16.9 Å². The highest BCUT2D eigenvalue weighted by Gasteiger charge is 2.38. The van der Waals surface area contributed by atoms with Crippen LogP contribution in [0.4, 0.5) is 26.3 Å². The van der Waals surface area contributed by atoms with Crippen molar-refractivity contribution in [1.29, 1.82) is 0 Å². The number of aromatic nitrogens is 3. The zero-order valence-corrected chi connectivity index (χ0v) is 11.6. The van der Waals surface area contributed by atoms with E-state index in [1.807, 2.05) is 0 Å². The van der Waals surface area contributed by atoms with Crippen LogP contribution in [0.5, 0.6) is 0 Å². The fourth-order valence-corrected chi connectivity index (χ4v) is 2.05. The Kier molecular flexibility index (Phi) is 4.00. The number of hydrogen-bond acceptors (Lipinski definition) is 2. The van der Waals surface area contributed by atoms with Crippen molar-refractivity contribution in [3.8, 4) is 5.82 Å². The monoisotopic (exact) mass is 373 g/mol. The molecule has 0 radical (unpaired) electrons. The predicted octanol–water partition coefficient (Wildman–Crippen LogP) is 4.20. The molecule has 0 N–H and O–H groups in total. The zero-order valence-electron chi connectivity index (χ0n) is 10.0. The predicted molar refractivity (Wildman–Crippen MR) is 64.0 cm³/mol. The van der Waals surface area contributed by atoms with E-state index in [1.165, 1.54) is 0 Å². The molecule has 0 aliphatic heterocycles. The van der Waals surface area contributed by atoms with Crippen molar-refractivity contribution in [3.63, 3.8) is 0 Å². The van der Waals surface area contributed by atoms with Gasteiger partial charge in [0.15, 0.2) is 11.5 Å². The molecule has 2 heterocycles. The van der Waals surface area contributed by atoms with Gasteiger partial charge in [-0.05, 0) is 12.1 Å². The van der Waals surface area contributed by atoms with Crippen LogP contribution in [0, 0.1) is 0 Å². The first-order valence-electron chi connectivity index (χ1n) is 5.38. The number of halogens is 7. The highest BCUT2D eigenvalue weighted by atomic mass is 79.9. The summed E-state index contributed by atoms with van der Waals surface area (Å²) in [5, 5.41) is 3.44. The third-order valence-electron chi connectivity index (χ3n) is 2.55. The van der Waals surface area contributed by atoms with Gasteiger partial charge in [-0.3, -0.25) is 0 Å². The molecule has 2 aromatic rings. The summed E-state index contributed by atoms with van der Waals surface area (Å²) in [6.07, 6.45) is -7.87. The van der Waals surface area contributed by atoms with Gasteiger partial charge in [0, 0.05) is 17.1 Å². The SMILES string of the molecule is FC(F)(F)c1ccc(-n2ncc(CBr)c2C(F)(F)F)nc1. The summed E-state index contributed by atoms with van der Waals surface area (Å²) in [7, 11) is 0. The number of rotatable bonds is 2. The summed E-state index contributed by atoms with van der Waals surface area (Å²) in [4.78, 5) is 3.40. The van der Waals surface area contributed by atoms with Crippen molar-refractivity contribution in [2.24, 2.45) is 0 Å². The van der Waals surface area contributed by atoms with Gasteiger partial charge in [-0.1, -0.05) is 15.9 Å². The Morgan fingerprint density at radius 1 is 1.00 bits per heavy atom. The third kappa shape index (κ3) is 3.20. The Bertz CT molecular complexity index is 629. The first-order chi connectivity index (χ1) is 9.64. The quantitative estimate of drug-likeness (QED) is 0.583. The fourth-order valence-electron chi connectivity index (χ4n) is 1.63. The van der Waals surface area contributed by atoms with Crippen LogP contribution in [0.2, 0.25) is 0 Å². The lowest BCUT2D eigenvalue weighted by molar-refractivity contribution is -0.143. The van der Waals surface area contributed by atoms with Gasteiger partial charge >= 0.3 is 12.4 Å². The van der Waals surface area contributed by atoms with Gasteiger partial charge in [-0.15, -0.1) is 0 Å². The molecular formula is C11H6BrF6N3. The Morgan fingerprint density at radius 2 is 1.67 bits per heavy atom. The van der Waals surface area contributed by atoms with Crippen molar-refractivity contribution < 1.29 is 26.3 Å². The molecule has 114 valence electrons. The molecule has 0 bridgehead atoms. The van der Waals surface area contributed by atoms with Crippen LogP contribution >= 0.6 is 15.9 Å². The largest absolute Gasteiger partial charge is 0.433 e. The molecule has 0 aromatic carbocycles. The highest BCUT2D eigenvalue weighted by Crippen LogP contribution is 2.34. The lowest BCUT2D eigenvalue weighted by atomic mass is 10.2. The number of alkyl halides is 7. The molecule has 2 rings (SSSR count). The molecule has 3 nitrogen and oxygen atoms in total. The molecule has 0 aliphatic rings. The number of hydrogen-bond donors (Lipinski definition) is 0. The van der Waals surface area contributed by atoms with Crippen molar-refractivity contribution >= 4 is 15.9 Å². The second-order valence-electron chi connectivity index (χ2n) is 3.96. The lowest BCUT2D eigenvalue weighted by Gasteiger charge is -2.12. The second kappa shape index (κ2) is 5.32. The smallest absolute Gasteiger partial charge is 0.236 e. The molecule has 0 fully saturated rings. The Balaban J connectivity index is 2.50. The summed E-state index contributed by atoms with van der Waals surface area (Å²) >= 11 is 2.90. The van der Waals surface area contributed by atoms with E-state index in [2.05, 4.69) is 26.0 Å². The van der Waals surface area contributed by atoms with Gasteiger partial charge in [0.25, 0.3) is 0 Å². The molecule has 0 spiro atoms. The maximum absolute atomic E-state index is 13.0. The van der Waals surface area contributed by atoms with E-state index in [0.717, 1.165) is 12.3 Å². The molecule has 2 aromatic heterocycles. The molecule has 0 amide bonds. The number of pyridine rings is 1. The first kappa shape index (κ1) is 15.8. The normalized spacial score (nSPS) is 12.7. The summed E-state index contributed by atoms with van der Waals surface area (Å²) in [5.41, 5.74) is -2.26. The Labute approximate surface area is 122 Å². The molecule has 0 saturated carbocycles. The molecule has 0 saturated heterocycles. The average Bonchev–Trinajstić information content (AvgIpc) is 2.81. The minimum absolute atomic E-state index is 0.0948. The van der Waals surface area contributed by atoms with E-state index in [9.17, 15) is 26.3 Å². The van der Waals surface area contributed by atoms with E-state index in [4.69, 9.17) is 0 Å². The summed E-state index contributed by atoms with van der Waals surface area (Å²) in [6, 6.07) is 1.49. The Morgan fingerprint density at radius 3 is 2.10 bits per heavy atom. The van der Waals surface area contributed by atoms with Crippen molar-refractivity contribution in [1.82, 2.24) is 14.8 Å². The van der Waals surface area contributed by atoms with E-state index < -0.39 is 23.6 Å². The summed E-state index contributed by atoms with van der Waals surface area (Å²) < 4.78 is 76.7. The molecular weight excluding hydrogens is 368 g/mol. The molecule has 0 aliphatic carbocycles. The van der Waals surface area contributed by atoms with Gasteiger partial charge < -0.3 is 0 Å². The van der Waals surface area contributed by atoms with Crippen LogP contribution in [0.1, 0.15) is 16.8 Å². The highest BCUT2D eigenvalue weighted by molar-refractivity contribution is 9.08. The van der Waals surface area contributed by atoms with Gasteiger partial charge in [0.2, 0.25) is 0 Å². The van der Waals surface area contributed by atoms with E-state index >= 15 is 0 Å². The van der Waals surface area contributed by atoms with Gasteiger partial charge in [-0.25, -0.2) is 9.67 Å². The van der Waals surface area contributed by atoms with E-state index in [-0.39, 0.29) is 16.7 Å². The van der Waals surface area contributed by atoms with Crippen LogP contribution in [0.15, 0.2) is 24.5 Å². The van der Waals surface area contributed by atoms with E-state index in [1.54, 1.807) is 0 Å². The Hall–Kier alpha value is -1.58. The molecule has 10 heteroatoms. The van der Waals surface area contributed by atoms with Crippen molar-refractivity contribution in [2.75, 3.05) is 0 Å². The molecule has 21 heavy (non-hydrogen) atoms. The van der Waals surface area contributed by atoms with Gasteiger partial charge in [-0.2, -0.15) is 31.4 Å². The number of nitrogens with zero attached hydrogens (tertiary/aromatic N) is 3. The van der Waals surface area contributed by atoms with Crippen molar-refractivity contribution in [3.05, 3.63) is 41.3 Å². The van der Waals surface area contributed by atoms with Crippen LogP contribution < -0.4 is 0 Å². The molecule has 0 atom stereocenters. The van der Waals surface area contributed by atoms with Gasteiger partial charge in [0.1, 0.15) is 0 Å². The average molecular weight is 374 g/mol.